The summed E-state index contributed by atoms with van der Waals surface area (Å²) in [5.74, 6) is -2.41. The summed E-state index contributed by atoms with van der Waals surface area (Å²) in [4.78, 5) is 27.3. The molecular formula is C26H28F3N3O4S. The Morgan fingerprint density at radius 1 is 1.00 bits per heavy atom. The molecule has 1 atom stereocenters. The molecule has 2 aromatic carbocycles. The van der Waals surface area contributed by atoms with Crippen LogP contribution in [0.2, 0.25) is 0 Å². The maximum atomic E-state index is 14.9. The molecule has 2 aliphatic rings. The molecule has 1 heterocycles. The third-order valence-electron chi connectivity index (χ3n) is 6.71. The molecule has 1 amide bonds. The Balaban J connectivity index is 1.79. The Morgan fingerprint density at radius 3 is 2.22 bits per heavy atom. The number of amides is 1. The molecule has 0 fully saturated rings. The first-order valence-corrected chi connectivity index (χ1v) is 13.3. The number of allylic oxidation sites excluding steroid dienone is 1. The molecule has 37 heavy (non-hydrogen) atoms. The first-order valence-electron chi connectivity index (χ1n) is 11.8. The van der Waals surface area contributed by atoms with E-state index in [0.29, 0.717) is 12.8 Å². The number of alkyl halides is 3. The van der Waals surface area contributed by atoms with E-state index < -0.39 is 49.3 Å². The zero-order chi connectivity index (χ0) is 27.2. The predicted octanol–water partition coefficient (Wildman–Crippen LogP) is 3.97. The molecule has 11 heteroatoms. The van der Waals surface area contributed by atoms with Crippen molar-refractivity contribution in [2.24, 2.45) is 5.41 Å². The van der Waals surface area contributed by atoms with Gasteiger partial charge in [-0.3, -0.25) is 9.59 Å². The standard InChI is InChI=1S/C26H28F3N3O4S/c1-24(2)15-20-22(21(33)16-24)25(26(27,28)29,31-37(35,36)19-12-10-18(30)11-13-19)23(34)32(20)14-6-9-17-7-4-3-5-8-17/h3-5,7-8,10-13,31H,6,9,14-16,30H2,1-2H3. The molecule has 0 saturated heterocycles. The number of rotatable bonds is 7. The predicted molar refractivity (Wildman–Crippen MR) is 131 cm³/mol. The van der Waals surface area contributed by atoms with Crippen LogP contribution in [0.3, 0.4) is 0 Å². The third-order valence-corrected chi connectivity index (χ3v) is 8.18. The lowest BCUT2D eigenvalue weighted by molar-refractivity contribution is -0.188. The molecule has 0 radical (unpaired) electrons. The summed E-state index contributed by atoms with van der Waals surface area (Å²) in [6.45, 7) is 3.36. The Hall–Kier alpha value is -3.18. The van der Waals surface area contributed by atoms with Gasteiger partial charge >= 0.3 is 6.18 Å². The number of Topliss-reactive ketones (excluding diaryl/α,β-unsaturated/α-hetero) is 1. The van der Waals surface area contributed by atoms with Crippen molar-refractivity contribution in [1.29, 1.82) is 0 Å². The fraction of sp³-hybridized carbons (Fsp3) is 0.385. The van der Waals surface area contributed by atoms with Crippen molar-refractivity contribution in [2.45, 2.75) is 56.1 Å². The number of nitrogens with two attached hydrogens (primary N) is 1. The van der Waals surface area contributed by atoms with Gasteiger partial charge in [0.05, 0.1) is 10.5 Å². The highest BCUT2D eigenvalue weighted by Gasteiger charge is 2.72. The Bertz CT molecular complexity index is 1350. The van der Waals surface area contributed by atoms with Crippen molar-refractivity contribution in [3.8, 4) is 0 Å². The fourth-order valence-corrected chi connectivity index (χ4v) is 6.34. The average Bonchev–Trinajstić information content (AvgIpc) is 3.02. The average molecular weight is 536 g/mol. The maximum absolute atomic E-state index is 14.9. The van der Waals surface area contributed by atoms with Gasteiger partial charge in [-0.25, -0.2) is 8.42 Å². The van der Waals surface area contributed by atoms with Gasteiger partial charge in [-0.05, 0) is 54.5 Å². The van der Waals surface area contributed by atoms with Crippen LogP contribution in [0.1, 0.15) is 38.7 Å². The first-order chi connectivity index (χ1) is 17.2. The number of halogens is 3. The largest absolute Gasteiger partial charge is 0.421 e. The first kappa shape index (κ1) is 26.9. The van der Waals surface area contributed by atoms with Crippen LogP contribution in [0.15, 0.2) is 70.8 Å². The van der Waals surface area contributed by atoms with Crippen LogP contribution in [0.4, 0.5) is 18.9 Å². The Morgan fingerprint density at radius 2 is 1.62 bits per heavy atom. The molecule has 198 valence electrons. The highest BCUT2D eigenvalue weighted by molar-refractivity contribution is 7.89. The van der Waals surface area contributed by atoms with Crippen LogP contribution in [0.5, 0.6) is 0 Å². The van der Waals surface area contributed by atoms with Gasteiger partial charge in [0.1, 0.15) is 0 Å². The third kappa shape index (κ3) is 4.89. The molecule has 0 bridgehead atoms. The summed E-state index contributed by atoms with van der Waals surface area (Å²) in [6.07, 6.45) is -4.84. The van der Waals surface area contributed by atoms with Crippen molar-refractivity contribution in [2.75, 3.05) is 12.3 Å². The van der Waals surface area contributed by atoms with E-state index in [-0.39, 0.29) is 30.8 Å². The molecule has 0 aromatic heterocycles. The summed E-state index contributed by atoms with van der Waals surface area (Å²) >= 11 is 0. The van der Waals surface area contributed by atoms with Crippen molar-refractivity contribution in [3.05, 3.63) is 71.4 Å². The van der Waals surface area contributed by atoms with Crippen molar-refractivity contribution < 1.29 is 31.2 Å². The van der Waals surface area contributed by atoms with E-state index in [9.17, 15) is 31.2 Å². The Kier molecular flexibility index (Phi) is 6.74. The topological polar surface area (TPSA) is 110 Å². The number of hydrogen-bond acceptors (Lipinski definition) is 5. The van der Waals surface area contributed by atoms with Gasteiger partial charge in [-0.1, -0.05) is 44.2 Å². The second-order valence-electron chi connectivity index (χ2n) is 10.2. The Labute approximate surface area is 213 Å². The van der Waals surface area contributed by atoms with Crippen molar-refractivity contribution >= 4 is 27.4 Å². The van der Waals surface area contributed by atoms with E-state index in [2.05, 4.69) is 0 Å². The molecule has 0 spiro atoms. The number of aryl methyl sites for hydroxylation is 1. The van der Waals surface area contributed by atoms with Crippen LogP contribution in [-0.2, 0) is 26.0 Å². The lowest BCUT2D eigenvalue weighted by Gasteiger charge is -2.35. The summed E-state index contributed by atoms with van der Waals surface area (Å²) in [5.41, 5.74) is 1.40. The number of anilines is 1. The molecule has 1 unspecified atom stereocenters. The summed E-state index contributed by atoms with van der Waals surface area (Å²) in [6, 6.07) is 13.8. The van der Waals surface area contributed by atoms with Crippen molar-refractivity contribution in [1.82, 2.24) is 9.62 Å². The van der Waals surface area contributed by atoms with E-state index in [1.165, 1.54) is 12.1 Å². The van der Waals surface area contributed by atoms with Crippen LogP contribution in [-0.4, -0.2) is 43.3 Å². The monoisotopic (exact) mass is 535 g/mol. The minimum absolute atomic E-state index is 0.0204. The minimum atomic E-state index is -5.42. The molecule has 4 rings (SSSR count). The SMILES string of the molecule is CC1(C)CC(=O)C2=C(C1)N(CCCc1ccccc1)C(=O)C2(NS(=O)(=O)c1ccc(N)cc1)C(F)(F)F. The van der Waals surface area contributed by atoms with Gasteiger partial charge < -0.3 is 10.6 Å². The van der Waals surface area contributed by atoms with E-state index >= 15 is 0 Å². The van der Waals surface area contributed by atoms with Crippen LogP contribution in [0, 0.1) is 5.41 Å². The number of sulfonamides is 1. The second kappa shape index (κ2) is 9.29. The minimum Gasteiger partial charge on any atom is -0.399 e. The smallest absolute Gasteiger partial charge is 0.399 e. The summed E-state index contributed by atoms with van der Waals surface area (Å²) in [7, 11) is -4.88. The van der Waals surface area contributed by atoms with Crippen LogP contribution < -0.4 is 10.5 Å². The van der Waals surface area contributed by atoms with Gasteiger partial charge in [0.2, 0.25) is 15.6 Å². The summed E-state index contributed by atoms with van der Waals surface area (Å²) in [5, 5.41) is 0. The molecule has 2 aromatic rings. The number of nitrogen functional groups attached to an aromatic ring is 1. The number of carbonyl (C=O) groups is 2. The molecule has 3 N–H and O–H groups in total. The van der Waals surface area contributed by atoms with E-state index in [1.807, 2.05) is 30.3 Å². The van der Waals surface area contributed by atoms with Gasteiger partial charge in [0.25, 0.3) is 5.91 Å². The van der Waals surface area contributed by atoms with Crippen LogP contribution in [0.25, 0.3) is 0 Å². The second-order valence-corrected chi connectivity index (χ2v) is 11.9. The zero-order valence-electron chi connectivity index (χ0n) is 20.4. The molecule has 1 aliphatic carbocycles. The van der Waals surface area contributed by atoms with Gasteiger partial charge in [-0.2, -0.15) is 17.9 Å². The number of ketones is 1. The van der Waals surface area contributed by atoms with E-state index in [1.54, 1.807) is 18.6 Å². The lowest BCUT2D eigenvalue weighted by atomic mass is 9.72. The van der Waals surface area contributed by atoms with Gasteiger partial charge in [-0.15, -0.1) is 0 Å². The molecular weight excluding hydrogens is 507 g/mol. The number of nitrogens with one attached hydrogen (secondary N) is 1. The highest BCUT2D eigenvalue weighted by Crippen LogP contribution is 2.52. The summed E-state index contributed by atoms with van der Waals surface area (Å²) < 4.78 is 72.6. The number of benzene rings is 2. The highest BCUT2D eigenvalue weighted by atomic mass is 32.2. The molecule has 1 aliphatic heterocycles. The lowest BCUT2D eigenvalue weighted by Crippen LogP contribution is -2.66. The van der Waals surface area contributed by atoms with E-state index in [4.69, 9.17) is 5.73 Å². The normalized spacial score (nSPS) is 21.9. The van der Waals surface area contributed by atoms with Gasteiger partial charge in [0.15, 0.2) is 5.78 Å². The number of nitrogens with zero attached hydrogens (tertiary/aromatic N) is 1. The molecule has 7 nitrogen and oxygen atoms in total. The van der Waals surface area contributed by atoms with Crippen LogP contribution >= 0.6 is 0 Å². The maximum Gasteiger partial charge on any atom is 0.421 e. The number of carbonyl (C=O) groups excluding carboxylic acids is 2. The fourth-order valence-electron chi connectivity index (χ4n) is 5.02. The molecule has 0 saturated carbocycles. The van der Waals surface area contributed by atoms with Crippen molar-refractivity contribution in [3.63, 3.8) is 0 Å². The number of hydrogen-bond donors (Lipinski definition) is 2. The van der Waals surface area contributed by atoms with Gasteiger partial charge in [0, 0.05) is 24.4 Å². The zero-order valence-corrected chi connectivity index (χ0v) is 21.2. The quantitative estimate of drug-likeness (QED) is 0.522. The van der Waals surface area contributed by atoms with E-state index in [0.717, 1.165) is 22.6 Å².